The molecule has 1 fully saturated rings. The first kappa shape index (κ1) is 16.8. The molecule has 22 heavy (non-hydrogen) atoms. The summed E-state index contributed by atoms with van der Waals surface area (Å²) in [7, 11) is 0. The van der Waals surface area contributed by atoms with Crippen molar-refractivity contribution in [3.05, 3.63) is 29.3 Å². The maximum absolute atomic E-state index is 12.8. The Kier molecular flexibility index (Phi) is 5.42. The molecular formula is C15H19F3N2O2. The largest absolute Gasteiger partial charge is 0.493 e. The van der Waals surface area contributed by atoms with Crippen LogP contribution < -0.4 is 10.1 Å². The summed E-state index contributed by atoms with van der Waals surface area (Å²) in [6.45, 7) is 5.07. The van der Waals surface area contributed by atoms with E-state index in [0.29, 0.717) is 19.7 Å². The summed E-state index contributed by atoms with van der Waals surface area (Å²) in [5, 5.41) is 3.16. The number of halogens is 3. The molecule has 0 saturated carbocycles. The van der Waals surface area contributed by atoms with Gasteiger partial charge in [-0.2, -0.15) is 13.2 Å². The zero-order chi connectivity index (χ0) is 16.2. The van der Waals surface area contributed by atoms with Crippen molar-refractivity contribution in [2.45, 2.75) is 13.1 Å². The number of carbonyl (C=O) groups is 1. The SMILES string of the molecule is CCOc1ccc(C(F)(F)F)cc1C(=O)CN1CCNCC1. The minimum Gasteiger partial charge on any atom is -0.493 e. The topological polar surface area (TPSA) is 41.6 Å². The van der Waals surface area contributed by atoms with Gasteiger partial charge in [0.2, 0.25) is 0 Å². The second-order valence-corrected chi connectivity index (χ2v) is 5.09. The molecule has 1 aliphatic heterocycles. The molecule has 1 aromatic carbocycles. The summed E-state index contributed by atoms with van der Waals surface area (Å²) >= 11 is 0. The van der Waals surface area contributed by atoms with E-state index in [0.717, 1.165) is 25.2 Å². The number of Topliss-reactive ketones (excluding diaryl/α,β-unsaturated/α-hetero) is 1. The van der Waals surface area contributed by atoms with Crippen LogP contribution in [0.1, 0.15) is 22.8 Å². The maximum atomic E-state index is 12.8. The number of piperazine rings is 1. The van der Waals surface area contributed by atoms with E-state index in [-0.39, 0.29) is 23.6 Å². The Hall–Kier alpha value is -1.60. The number of hydrogen-bond acceptors (Lipinski definition) is 4. The Morgan fingerprint density at radius 3 is 2.59 bits per heavy atom. The van der Waals surface area contributed by atoms with Gasteiger partial charge >= 0.3 is 6.18 Å². The Morgan fingerprint density at radius 2 is 2.00 bits per heavy atom. The number of ketones is 1. The van der Waals surface area contributed by atoms with E-state index in [9.17, 15) is 18.0 Å². The van der Waals surface area contributed by atoms with Crippen LogP contribution in [0.15, 0.2) is 18.2 Å². The lowest BCUT2D eigenvalue weighted by molar-refractivity contribution is -0.137. The molecule has 1 saturated heterocycles. The Labute approximate surface area is 127 Å². The van der Waals surface area contributed by atoms with E-state index in [1.165, 1.54) is 6.07 Å². The normalized spacial score (nSPS) is 16.5. The number of ether oxygens (including phenoxy) is 1. The molecule has 1 N–H and O–H groups in total. The molecule has 1 heterocycles. The monoisotopic (exact) mass is 316 g/mol. The molecule has 0 unspecified atom stereocenters. The van der Waals surface area contributed by atoms with Crippen molar-refractivity contribution >= 4 is 5.78 Å². The number of benzene rings is 1. The van der Waals surface area contributed by atoms with Crippen molar-refractivity contribution in [2.75, 3.05) is 39.3 Å². The van der Waals surface area contributed by atoms with Crippen LogP contribution >= 0.6 is 0 Å². The highest BCUT2D eigenvalue weighted by molar-refractivity contribution is 6.00. The summed E-state index contributed by atoms with van der Waals surface area (Å²) in [6.07, 6.45) is -4.48. The van der Waals surface area contributed by atoms with Gasteiger partial charge in [0.05, 0.1) is 24.3 Å². The molecule has 0 amide bonds. The van der Waals surface area contributed by atoms with E-state index < -0.39 is 11.7 Å². The predicted octanol–water partition coefficient (Wildman–Crippen LogP) is 2.19. The van der Waals surface area contributed by atoms with Crippen LogP contribution in [0, 0.1) is 0 Å². The quantitative estimate of drug-likeness (QED) is 0.846. The van der Waals surface area contributed by atoms with Crippen LogP contribution in [0.3, 0.4) is 0 Å². The summed E-state index contributed by atoms with van der Waals surface area (Å²) in [5.74, 6) is -0.146. The Balaban J connectivity index is 2.23. The fourth-order valence-electron chi connectivity index (χ4n) is 2.36. The van der Waals surface area contributed by atoms with Crippen LogP contribution in [-0.2, 0) is 6.18 Å². The molecule has 4 nitrogen and oxygen atoms in total. The lowest BCUT2D eigenvalue weighted by Crippen LogP contribution is -2.45. The van der Waals surface area contributed by atoms with Gasteiger partial charge in [-0.1, -0.05) is 0 Å². The van der Waals surface area contributed by atoms with Gasteiger partial charge in [0.1, 0.15) is 5.75 Å². The first-order chi connectivity index (χ1) is 10.4. The van der Waals surface area contributed by atoms with Crippen LogP contribution in [0.4, 0.5) is 13.2 Å². The zero-order valence-corrected chi connectivity index (χ0v) is 12.4. The van der Waals surface area contributed by atoms with Crippen LogP contribution in [0.2, 0.25) is 0 Å². The number of nitrogens with zero attached hydrogens (tertiary/aromatic N) is 1. The van der Waals surface area contributed by atoms with E-state index >= 15 is 0 Å². The highest BCUT2D eigenvalue weighted by atomic mass is 19.4. The summed E-state index contributed by atoms with van der Waals surface area (Å²) < 4.78 is 43.8. The zero-order valence-electron chi connectivity index (χ0n) is 12.4. The second kappa shape index (κ2) is 7.11. The van der Waals surface area contributed by atoms with Gasteiger partial charge in [0.15, 0.2) is 5.78 Å². The van der Waals surface area contributed by atoms with Crippen LogP contribution in [-0.4, -0.2) is 50.0 Å². The minimum absolute atomic E-state index is 0.00444. The Bertz CT molecular complexity index is 526. The van der Waals surface area contributed by atoms with Gasteiger partial charge in [-0.3, -0.25) is 9.69 Å². The van der Waals surface area contributed by atoms with E-state index in [1.807, 2.05) is 4.90 Å². The average molecular weight is 316 g/mol. The molecule has 0 aliphatic carbocycles. The number of rotatable bonds is 5. The average Bonchev–Trinajstić information content (AvgIpc) is 2.47. The fraction of sp³-hybridized carbons (Fsp3) is 0.533. The maximum Gasteiger partial charge on any atom is 0.416 e. The van der Waals surface area contributed by atoms with Crippen molar-refractivity contribution in [1.82, 2.24) is 10.2 Å². The third-order valence-corrected chi connectivity index (χ3v) is 3.48. The molecule has 2 rings (SSSR count). The van der Waals surface area contributed by atoms with Gasteiger partial charge in [0, 0.05) is 26.2 Å². The van der Waals surface area contributed by atoms with Crippen molar-refractivity contribution in [2.24, 2.45) is 0 Å². The minimum atomic E-state index is -4.48. The molecular weight excluding hydrogens is 297 g/mol. The Morgan fingerprint density at radius 1 is 1.32 bits per heavy atom. The van der Waals surface area contributed by atoms with E-state index in [2.05, 4.69) is 5.32 Å². The van der Waals surface area contributed by atoms with Crippen molar-refractivity contribution in [1.29, 1.82) is 0 Å². The van der Waals surface area contributed by atoms with Crippen molar-refractivity contribution < 1.29 is 22.7 Å². The lowest BCUT2D eigenvalue weighted by Gasteiger charge is -2.26. The third-order valence-electron chi connectivity index (χ3n) is 3.48. The summed E-state index contributed by atoms with van der Waals surface area (Å²) in [4.78, 5) is 14.3. The first-order valence-corrected chi connectivity index (χ1v) is 7.22. The standard InChI is InChI=1S/C15H19F3N2O2/c1-2-22-14-4-3-11(15(16,17)18)9-12(14)13(21)10-20-7-5-19-6-8-20/h3-4,9,19H,2,5-8,10H2,1H3. The van der Waals surface area contributed by atoms with Crippen molar-refractivity contribution in [3.8, 4) is 5.75 Å². The van der Waals surface area contributed by atoms with Gasteiger partial charge in [-0.05, 0) is 25.1 Å². The van der Waals surface area contributed by atoms with Gasteiger partial charge < -0.3 is 10.1 Å². The molecule has 122 valence electrons. The summed E-state index contributed by atoms with van der Waals surface area (Å²) in [5.41, 5.74) is -0.838. The second-order valence-electron chi connectivity index (χ2n) is 5.09. The molecule has 1 aliphatic rings. The molecule has 0 radical (unpaired) electrons. The van der Waals surface area contributed by atoms with Crippen LogP contribution in [0.25, 0.3) is 0 Å². The van der Waals surface area contributed by atoms with Gasteiger partial charge in [-0.25, -0.2) is 0 Å². The third kappa shape index (κ3) is 4.20. The summed E-state index contributed by atoms with van der Waals surface area (Å²) in [6, 6.07) is 3.04. The van der Waals surface area contributed by atoms with Crippen LogP contribution in [0.5, 0.6) is 5.75 Å². The molecule has 0 atom stereocenters. The first-order valence-electron chi connectivity index (χ1n) is 7.22. The fourth-order valence-corrected chi connectivity index (χ4v) is 2.36. The smallest absolute Gasteiger partial charge is 0.416 e. The number of alkyl halides is 3. The lowest BCUT2D eigenvalue weighted by atomic mass is 10.0. The number of nitrogens with one attached hydrogen (secondary N) is 1. The van der Waals surface area contributed by atoms with Gasteiger partial charge in [-0.15, -0.1) is 0 Å². The number of carbonyl (C=O) groups excluding carboxylic acids is 1. The van der Waals surface area contributed by atoms with Crippen molar-refractivity contribution in [3.63, 3.8) is 0 Å². The molecule has 1 aromatic rings. The highest BCUT2D eigenvalue weighted by Gasteiger charge is 2.32. The van der Waals surface area contributed by atoms with E-state index in [4.69, 9.17) is 4.74 Å². The molecule has 0 spiro atoms. The van der Waals surface area contributed by atoms with E-state index in [1.54, 1.807) is 6.92 Å². The predicted molar refractivity (Wildman–Crippen MR) is 76.3 cm³/mol. The number of hydrogen-bond donors (Lipinski definition) is 1. The molecule has 0 bridgehead atoms. The molecule has 7 heteroatoms. The highest BCUT2D eigenvalue weighted by Crippen LogP contribution is 2.32. The van der Waals surface area contributed by atoms with Gasteiger partial charge in [0.25, 0.3) is 0 Å². The molecule has 0 aromatic heterocycles.